The lowest BCUT2D eigenvalue weighted by Gasteiger charge is -2.07. The van der Waals surface area contributed by atoms with Gasteiger partial charge in [0.1, 0.15) is 11.3 Å². The number of ether oxygens (including phenoxy) is 1. The van der Waals surface area contributed by atoms with Gasteiger partial charge < -0.3 is 14.3 Å². The molecule has 0 amide bonds. The summed E-state index contributed by atoms with van der Waals surface area (Å²) >= 11 is 0. The molecule has 0 saturated carbocycles. The van der Waals surface area contributed by atoms with Crippen LogP contribution in [0.1, 0.15) is 21.8 Å². The van der Waals surface area contributed by atoms with Crippen LogP contribution < -0.4 is 0 Å². The van der Waals surface area contributed by atoms with Crippen molar-refractivity contribution in [1.82, 2.24) is 10.2 Å². The molecule has 3 aromatic carbocycles. The fourth-order valence-electron chi connectivity index (χ4n) is 2.83. The van der Waals surface area contributed by atoms with Gasteiger partial charge in [0, 0.05) is 10.9 Å². The number of phenols is 1. The largest absolute Gasteiger partial charge is 0.506 e. The highest BCUT2D eigenvalue weighted by atomic mass is 16.5. The fraction of sp³-hybridized carbons (Fsp3) is 0.0952. The highest BCUT2D eigenvalue weighted by Crippen LogP contribution is 2.29. The number of carbonyl (C=O) groups is 1. The monoisotopic (exact) mass is 360 g/mol. The molecule has 0 aliphatic rings. The maximum Gasteiger partial charge on any atom is 0.342 e. The first-order valence-electron chi connectivity index (χ1n) is 8.39. The van der Waals surface area contributed by atoms with Crippen LogP contribution in [-0.4, -0.2) is 21.3 Å². The third kappa shape index (κ3) is 3.37. The summed E-state index contributed by atoms with van der Waals surface area (Å²) in [5.74, 6) is -0.226. The minimum absolute atomic E-state index is 0.0899. The van der Waals surface area contributed by atoms with Crippen LogP contribution in [0.15, 0.2) is 65.1 Å². The second-order valence-corrected chi connectivity index (χ2v) is 6.13. The highest BCUT2D eigenvalue weighted by molar-refractivity contribution is 6.01. The summed E-state index contributed by atoms with van der Waals surface area (Å²) in [7, 11) is 0. The number of hydrogen-bond donors (Lipinski definition) is 1. The number of aromatic nitrogens is 2. The smallest absolute Gasteiger partial charge is 0.342 e. The number of aryl methyl sites for hydroxylation is 1. The quantitative estimate of drug-likeness (QED) is 0.547. The predicted molar refractivity (Wildman–Crippen MR) is 99.2 cm³/mol. The van der Waals surface area contributed by atoms with E-state index in [1.807, 2.05) is 43.3 Å². The van der Waals surface area contributed by atoms with Crippen molar-refractivity contribution in [2.24, 2.45) is 0 Å². The van der Waals surface area contributed by atoms with E-state index in [0.29, 0.717) is 11.3 Å². The molecule has 0 radical (unpaired) electrons. The number of hydrogen-bond acceptors (Lipinski definition) is 6. The number of carbonyl (C=O) groups excluding carboxylic acids is 1. The molecule has 0 aliphatic heterocycles. The topological polar surface area (TPSA) is 85.5 Å². The predicted octanol–water partition coefficient (Wildman–Crippen LogP) is 4.26. The molecule has 0 saturated heterocycles. The molecular weight excluding hydrogens is 344 g/mol. The second kappa shape index (κ2) is 6.92. The van der Waals surface area contributed by atoms with Gasteiger partial charge in [-0.3, -0.25) is 0 Å². The van der Waals surface area contributed by atoms with Crippen molar-refractivity contribution in [3.63, 3.8) is 0 Å². The average Bonchev–Trinajstić information content (AvgIpc) is 3.16. The molecular formula is C21H16N2O4. The van der Waals surface area contributed by atoms with E-state index in [9.17, 15) is 9.90 Å². The normalized spacial score (nSPS) is 10.9. The van der Waals surface area contributed by atoms with E-state index in [2.05, 4.69) is 10.2 Å². The lowest BCUT2D eigenvalue weighted by Crippen LogP contribution is -2.06. The van der Waals surface area contributed by atoms with E-state index in [0.717, 1.165) is 16.5 Å². The summed E-state index contributed by atoms with van der Waals surface area (Å²) in [4.78, 5) is 12.3. The molecule has 1 N–H and O–H groups in total. The first-order valence-corrected chi connectivity index (χ1v) is 8.39. The van der Waals surface area contributed by atoms with Gasteiger partial charge in [0.25, 0.3) is 5.89 Å². The molecule has 0 aliphatic carbocycles. The van der Waals surface area contributed by atoms with Crippen LogP contribution >= 0.6 is 0 Å². The van der Waals surface area contributed by atoms with E-state index in [1.54, 1.807) is 18.2 Å². The molecule has 1 aromatic heterocycles. The maximum atomic E-state index is 12.3. The van der Waals surface area contributed by atoms with Gasteiger partial charge in [0.15, 0.2) is 6.61 Å². The number of fused-ring (bicyclic) bond motifs is 1. The van der Waals surface area contributed by atoms with Crippen LogP contribution in [0.2, 0.25) is 0 Å². The zero-order valence-corrected chi connectivity index (χ0v) is 14.5. The molecule has 4 aromatic rings. The first kappa shape index (κ1) is 16.8. The van der Waals surface area contributed by atoms with Crippen molar-refractivity contribution in [1.29, 1.82) is 0 Å². The Hall–Kier alpha value is -3.67. The van der Waals surface area contributed by atoms with Crippen LogP contribution in [0, 0.1) is 6.92 Å². The zero-order chi connectivity index (χ0) is 18.8. The molecule has 6 nitrogen and oxygen atoms in total. The Balaban J connectivity index is 1.49. The molecule has 0 atom stereocenters. The van der Waals surface area contributed by atoms with Crippen molar-refractivity contribution in [2.45, 2.75) is 13.5 Å². The average molecular weight is 360 g/mol. The van der Waals surface area contributed by atoms with Crippen LogP contribution in [0.5, 0.6) is 5.75 Å². The Morgan fingerprint density at radius 2 is 1.93 bits per heavy atom. The fourth-order valence-corrected chi connectivity index (χ4v) is 2.83. The van der Waals surface area contributed by atoms with E-state index < -0.39 is 5.97 Å². The van der Waals surface area contributed by atoms with Crippen LogP contribution in [0.4, 0.5) is 0 Å². The number of esters is 1. The van der Waals surface area contributed by atoms with Crippen molar-refractivity contribution < 1.29 is 19.1 Å². The van der Waals surface area contributed by atoms with Gasteiger partial charge >= 0.3 is 5.97 Å². The standard InChI is InChI=1S/C21H16N2O4/c1-13-5-4-7-15(11-13)20-23-22-18(27-20)12-26-21(25)17-10-9-14-6-2-3-8-16(14)19(17)24/h2-11,24H,12H2,1H3. The minimum atomic E-state index is -0.659. The van der Waals surface area contributed by atoms with E-state index in [-0.39, 0.29) is 23.8 Å². The molecule has 4 rings (SSSR count). The number of nitrogens with zero attached hydrogens (tertiary/aromatic N) is 2. The summed E-state index contributed by atoms with van der Waals surface area (Å²) < 4.78 is 10.8. The molecule has 27 heavy (non-hydrogen) atoms. The molecule has 0 bridgehead atoms. The Bertz CT molecular complexity index is 1130. The highest BCUT2D eigenvalue weighted by Gasteiger charge is 2.17. The summed E-state index contributed by atoms with van der Waals surface area (Å²) in [6, 6.07) is 18.2. The third-order valence-electron chi connectivity index (χ3n) is 4.18. The molecule has 6 heteroatoms. The molecule has 0 fully saturated rings. The van der Waals surface area contributed by atoms with Crippen molar-refractivity contribution in [3.8, 4) is 17.2 Å². The van der Waals surface area contributed by atoms with Gasteiger partial charge in [-0.15, -0.1) is 10.2 Å². The van der Waals surface area contributed by atoms with Gasteiger partial charge in [-0.05, 0) is 30.5 Å². The molecule has 0 unspecified atom stereocenters. The Morgan fingerprint density at radius 1 is 1.07 bits per heavy atom. The number of phenolic OH excluding ortho intramolecular Hbond substituents is 1. The maximum absolute atomic E-state index is 12.3. The number of rotatable bonds is 4. The second-order valence-electron chi connectivity index (χ2n) is 6.13. The molecule has 134 valence electrons. The summed E-state index contributed by atoms with van der Waals surface area (Å²) in [6.07, 6.45) is 0. The lowest BCUT2D eigenvalue weighted by atomic mass is 10.1. The third-order valence-corrected chi connectivity index (χ3v) is 4.18. The van der Waals surface area contributed by atoms with E-state index in [1.165, 1.54) is 6.07 Å². The van der Waals surface area contributed by atoms with Crippen LogP contribution in [0.3, 0.4) is 0 Å². The van der Waals surface area contributed by atoms with Crippen LogP contribution in [-0.2, 0) is 11.3 Å². The van der Waals surface area contributed by atoms with Gasteiger partial charge in [-0.25, -0.2) is 4.79 Å². The van der Waals surface area contributed by atoms with Crippen molar-refractivity contribution in [3.05, 3.63) is 77.7 Å². The Labute approximate surface area is 155 Å². The summed E-state index contributed by atoms with van der Waals surface area (Å²) in [5.41, 5.74) is 1.96. The van der Waals surface area contributed by atoms with E-state index in [4.69, 9.17) is 9.15 Å². The first-order chi connectivity index (χ1) is 13.1. The molecule has 0 spiro atoms. The zero-order valence-electron chi connectivity index (χ0n) is 14.5. The van der Waals surface area contributed by atoms with Crippen molar-refractivity contribution in [2.75, 3.05) is 0 Å². The van der Waals surface area contributed by atoms with Crippen LogP contribution in [0.25, 0.3) is 22.2 Å². The summed E-state index contributed by atoms with van der Waals surface area (Å²) in [5, 5.41) is 19.7. The van der Waals surface area contributed by atoms with Gasteiger partial charge in [-0.1, -0.05) is 48.0 Å². The van der Waals surface area contributed by atoms with Gasteiger partial charge in [0.05, 0.1) is 0 Å². The minimum Gasteiger partial charge on any atom is -0.506 e. The number of benzene rings is 3. The SMILES string of the molecule is Cc1cccc(-c2nnc(COC(=O)c3ccc4ccccc4c3O)o2)c1. The van der Waals surface area contributed by atoms with E-state index >= 15 is 0 Å². The van der Waals surface area contributed by atoms with Gasteiger partial charge in [-0.2, -0.15) is 0 Å². The Kier molecular flexibility index (Phi) is 4.30. The Morgan fingerprint density at radius 3 is 2.78 bits per heavy atom. The van der Waals surface area contributed by atoms with Gasteiger partial charge in [0.2, 0.25) is 5.89 Å². The molecule has 1 heterocycles. The lowest BCUT2D eigenvalue weighted by molar-refractivity contribution is 0.0435. The summed E-state index contributed by atoms with van der Waals surface area (Å²) in [6.45, 7) is 1.79. The van der Waals surface area contributed by atoms with Crippen molar-refractivity contribution >= 4 is 16.7 Å². The number of aromatic hydroxyl groups is 1.